The van der Waals surface area contributed by atoms with Gasteiger partial charge in [0, 0.05) is 30.7 Å². The number of hydrogen-bond donors (Lipinski definition) is 1. The van der Waals surface area contributed by atoms with Crippen LogP contribution in [0.5, 0.6) is 17.2 Å². The number of carbonyl (C=O) groups excluding carboxylic acids is 2. The third-order valence-electron chi connectivity index (χ3n) is 5.13. The van der Waals surface area contributed by atoms with E-state index >= 15 is 0 Å². The number of nitrogens with zero attached hydrogens (tertiary/aromatic N) is 2. The van der Waals surface area contributed by atoms with E-state index in [1.54, 1.807) is 46.2 Å². The van der Waals surface area contributed by atoms with Gasteiger partial charge in [0.1, 0.15) is 17.2 Å². The van der Waals surface area contributed by atoms with Gasteiger partial charge in [-0.25, -0.2) is 0 Å². The minimum absolute atomic E-state index is 0.0374. The molecular weight excluding hydrogens is 460 g/mol. The summed E-state index contributed by atoms with van der Waals surface area (Å²) < 4.78 is 6.85. The van der Waals surface area contributed by atoms with Gasteiger partial charge in [0.2, 0.25) is 0 Å². The molecule has 0 spiro atoms. The fraction of sp³-hybridized carbons (Fsp3) is 0.167. The molecular formula is C24H21BrN2O4. The minimum atomic E-state index is -0.233. The molecule has 2 amide bonds. The van der Waals surface area contributed by atoms with Crippen molar-refractivity contribution in [2.24, 2.45) is 0 Å². The first-order valence-electron chi connectivity index (χ1n) is 9.92. The summed E-state index contributed by atoms with van der Waals surface area (Å²) in [4.78, 5) is 29.2. The number of halogens is 1. The fourth-order valence-corrected chi connectivity index (χ4v) is 3.88. The van der Waals surface area contributed by atoms with Crippen LogP contribution in [-0.2, 0) is 0 Å². The topological polar surface area (TPSA) is 70.1 Å². The van der Waals surface area contributed by atoms with Gasteiger partial charge in [-0.05, 0) is 42.5 Å². The maximum absolute atomic E-state index is 13.2. The lowest BCUT2D eigenvalue weighted by Gasteiger charge is -2.35. The normalized spacial score (nSPS) is 13.7. The van der Waals surface area contributed by atoms with E-state index < -0.39 is 0 Å². The molecule has 0 aromatic heterocycles. The average Bonchev–Trinajstić information content (AvgIpc) is 2.79. The predicted octanol–water partition coefficient (Wildman–Crippen LogP) is 4.55. The van der Waals surface area contributed by atoms with Crippen LogP contribution in [0, 0.1) is 0 Å². The SMILES string of the molecule is O=C(c1ccccc1O)N1CCN(C(=O)c2ccccc2Oc2cccc(Br)c2)CC1. The highest BCUT2D eigenvalue weighted by Crippen LogP contribution is 2.28. The first-order chi connectivity index (χ1) is 15.0. The molecule has 0 saturated carbocycles. The number of aromatic hydroxyl groups is 1. The Bertz CT molecular complexity index is 1110. The lowest BCUT2D eigenvalue weighted by molar-refractivity contribution is 0.0532. The zero-order chi connectivity index (χ0) is 21.8. The Morgan fingerprint density at radius 1 is 0.774 bits per heavy atom. The van der Waals surface area contributed by atoms with Gasteiger partial charge >= 0.3 is 0 Å². The third kappa shape index (κ3) is 4.72. The monoisotopic (exact) mass is 480 g/mol. The number of phenolic OH excluding ortho intramolecular Hbond substituents is 1. The maximum atomic E-state index is 13.2. The smallest absolute Gasteiger partial charge is 0.257 e. The van der Waals surface area contributed by atoms with E-state index in [-0.39, 0.29) is 23.1 Å². The number of phenols is 1. The molecule has 1 fully saturated rings. The highest BCUT2D eigenvalue weighted by atomic mass is 79.9. The largest absolute Gasteiger partial charge is 0.507 e. The van der Waals surface area contributed by atoms with Gasteiger partial charge in [0.05, 0.1) is 11.1 Å². The van der Waals surface area contributed by atoms with Crippen LogP contribution in [0.2, 0.25) is 0 Å². The molecule has 158 valence electrons. The Balaban J connectivity index is 1.45. The number of rotatable bonds is 4. The number of amides is 2. The van der Waals surface area contributed by atoms with Crippen LogP contribution in [0.15, 0.2) is 77.3 Å². The molecule has 7 heteroatoms. The van der Waals surface area contributed by atoms with Crippen LogP contribution in [-0.4, -0.2) is 52.9 Å². The van der Waals surface area contributed by atoms with Gasteiger partial charge < -0.3 is 19.6 Å². The average molecular weight is 481 g/mol. The first-order valence-corrected chi connectivity index (χ1v) is 10.7. The third-order valence-corrected chi connectivity index (χ3v) is 5.62. The quantitative estimate of drug-likeness (QED) is 0.594. The molecule has 3 aromatic rings. The molecule has 0 radical (unpaired) electrons. The minimum Gasteiger partial charge on any atom is -0.507 e. The van der Waals surface area contributed by atoms with Gasteiger partial charge in [-0.3, -0.25) is 9.59 Å². The summed E-state index contributed by atoms with van der Waals surface area (Å²) in [6, 6.07) is 21.1. The van der Waals surface area contributed by atoms with Crippen molar-refractivity contribution in [3.63, 3.8) is 0 Å². The Hall–Kier alpha value is -3.32. The molecule has 1 aliphatic rings. The molecule has 0 bridgehead atoms. The summed E-state index contributed by atoms with van der Waals surface area (Å²) in [5.41, 5.74) is 0.748. The molecule has 4 rings (SSSR count). The van der Waals surface area contributed by atoms with Crippen LogP contribution in [0.25, 0.3) is 0 Å². The Morgan fingerprint density at radius 2 is 1.35 bits per heavy atom. The van der Waals surface area contributed by atoms with E-state index in [0.717, 1.165) is 4.47 Å². The molecule has 1 N–H and O–H groups in total. The molecule has 3 aromatic carbocycles. The van der Waals surface area contributed by atoms with E-state index in [9.17, 15) is 14.7 Å². The van der Waals surface area contributed by atoms with Gasteiger partial charge in [-0.1, -0.05) is 46.3 Å². The molecule has 0 aliphatic carbocycles. The summed E-state index contributed by atoms with van der Waals surface area (Å²) in [5, 5.41) is 9.94. The second-order valence-electron chi connectivity index (χ2n) is 7.16. The number of hydrogen-bond acceptors (Lipinski definition) is 4. The Labute approximate surface area is 188 Å². The summed E-state index contributed by atoms with van der Waals surface area (Å²) in [5.74, 6) is 0.708. The number of piperazine rings is 1. The lowest BCUT2D eigenvalue weighted by atomic mass is 10.1. The Kier molecular flexibility index (Phi) is 6.23. The predicted molar refractivity (Wildman–Crippen MR) is 121 cm³/mol. The maximum Gasteiger partial charge on any atom is 0.257 e. The molecule has 1 saturated heterocycles. The summed E-state index contributed by atoms with van der Waals surface area (Å²) >= 11 is 3.42. The molecule has 1 aliphatic heterocycles. The Morgan fingerprint density at radius 3 is 2.00 bits per heavy atom. The summed E-state index contributed by atoms with van der Waals surface area (Å²) in [6.07, 6.45) is 0. The van der Waals surface area contributed by atoms with Gasteiger partial charge in [-0.15, -0.1) is 0 Å². The first kappa shape index (κ1) is 20.9. The van der Waals surface area contributed by atoms with Crippen molar-refractivity contribution in [1.82, 2.24) is 9.80 Å². The van der Waals surface area contributed by atoms with Crippen molar-refractivity contribution in [2.75, 3.05) is 26.2 Å². The number of ether oxygens (including phenoxy) is 1. The van der Waals surface area contributed by atoms with E-state index in [1.807, 2.05) is 30.3 Å². The van der Waals surface area contributed by atoms with E-state index in [2.05, 4.69) is 15.9 Å². The van der Waals surface area contributed by atoms with Crippen LogP contribution < -0.4 is 4.74 Å². The van der Waals surface area contributed by atoms with Crippen molar-refractivity contribution in [2.45, 2.75) is 0 Å². The second-order valence-corrected chi connectivity index (χ2v) is 8.07. The van der Waals surface area contributed by atoms with Gasteiger partial charge in [-0.2, -0.15) is 0 Å². The molecule has 1 heterocycles. The van der Waals surface area contributed by atoms with Crippen LogP contribution in [0.1, 0.15) is 20.7 Å². The van der Waals surface area contributed by atoms with Gasteiger partial charge in [0.25, 0.3) is 11.8 Å². The highest BCUT2D eigenvalue weighted by Gasteiger charge is 2.27. The van der Waals surface area contributed by atoms with Crippen LogP contribution in [0.4, 0.5) is 0 Å². The molecule has 0 atom stereocenters. The second kappa shape index (κ2) is 9.22. The zero-order valence-electron chi connectivity index (χ0n) is 16.7. The van der Waals surface area contributed by atoms with E-state index in [0.29, 0.717) is 43.2 Å². The molecule has 0 unspecified atom stereocenters. The summed E-state index contributed by atoms with van der Waals surface area (Å²) in [6.45, 7) is 1.61. The standard InChI is InChI=1S/C24H21BrN2O4/c25-17-6-5-7-18(16-17)31-22-11-4-2-9-20(22)24(30)27-14-12-26(13-15-27)23(29)19-8-1-3-10-21(19)28/h1-11,16,28H,12-15H2. The molecule has 31 heavy (non-hydrogen) atoms. The number of carbonyl (C=O) groups is 2. The van der Waals surface area contributed by atoms with Crippen molar-refractivity contribution < 1.29 is 19.4 Å². The van der Waals surface area contributed by atoms with Crippen molar-refractivity contribution in [1.29, 1.82) is 0 Å². The van der Waals surface area contributed by atoms with Crippen molar-refractivity contribution in [3.05, 3.63) is 88.4 Å². The molecule has 6 nitrogen and oxygen atoms in total. The van der Waals surface area contributed by atoms with E-state index in [1.165, 1.54) is 6.07 Å². The van der Waals surface area contributed by atoms with E-state index in [4.69, 9.17) is 4.74 Å². The van der Waals surface area contributed by atoms with Crippen LogP contribution in [0.3, 0.4) is 0 Å². The number of benzene rings is 3. The highest BCUT2D eigenvalue weighted by molar-refractivity contribution is 9.10. The van der Waals surface area contributed by atoms with Crippen LogP contribution >= 0.6 is 15.9 Å². The summed E-state index contributed by atoms with van der Waals surface area (Å²) in [7, 11) is 0. The van der Waals surface area contributed by atoms with Crippen molar-refractivity contribution in [3.8, 4) is 17.2 Å². The fourth-order valence-electron chi connectivity index (χ4n) is 3.50. The van der Waals surface area contributed by atoms with Crippen molar-refractivity contribution >= 4 is 27.7 Å². The zero-order valence-corrected chi connectivity index (χ0v) is 18.3. The van der Waals surface area contributed by atoms with Gasteiger partial charge in [0.15, 0.2) is 0 Å². The number of para-hydroxylation sites is 2. The lowest BCUT2D eigenvalue weighted by Crippen LogP contribution is -2.50.